The highest BCUT2D eigenvalue weighted by atomic mass is 16.7. The minimum atomic E-state index is -0.830. The number of aliphatic hydroxyl groups is 2. The first-order chi connectivity index (χ1) is 24.6. The van der Waals surface area contributed by atoms with Gasteiger partial charge in [-0.25, -0.2) is 0 Å². The van der Waals surface area contributed by atoms with E-state index in [4.69, 9.17) is 14.3 Å². The second-order valence-corrected chi connectivity index (χ2v) is 18.9. The van der Waals surface area contributed by atoms with Gasteiger partial charge in [-0.1, -0.05) is 41.0 Å². The van der Waals surface area contributed by atoms with E-state index in [1.807, 2.05) is 0 Å². The van der Waals surface area contributed by atoms with Gasteiger partial charge in [-0.2, -0.15) is 5.06 Å². The summed E-state index contributed by atoms with van der Waals surface area (Å²) < 4.78 is 11.9. The monoisotopic (exact) mass is 735 g/mol. The molecule has 6 fully saturated rings. The number of carbonyl (C=O) groups excluding carboxylic acids is 2. The van der Waals surface area contributed by atoms with Crippen LogP contribution in [0.5, 0.6) is 0 Å². The largest absolute Gasteiger partial charge is 0.394 e. The Bertz CT molecular complexity index is 1180. The molecule has 5 aliphatic carbocycles. The van der Waals surface area contributed by atoms with Gasteiger partial charge in [-0.3, -0.25) is 14.4 Å². The molecule has 6 rings (SSSR count). The Morgan fingerprint density at radius 3 is 2.35 bits per heavy atom. The summed E-state index contributed by atoms with van der Waals surface area (Å²) in [6.45, 7) is 13.8. The minimum Gasteiger partial charge on any atom is -0.394 e. The molecule has 2 amide bonds. The highest BCUT2D eigenvalue weighted by molar-refractivity contribution is 5.83. The molecule has 0 spiro atoms. The average molecular weight is 735 g/mol. The summed E-state index contributed by atoms with van der Waals surface area (Å²) in [5, 5.41) is 29.9. The Morgan fingerprint density at radius 1 is 1.04 bits per heavy atom. The normalized spacial score (nSPS) is 40.3. The molecule has 11 nitrogen and oxygen atoms in total. The molecule has 0 radical (unpaired) electrons. The van der Waals surface area contributed by atoms with Crippen LogP contribution in [0.2, 0.25) is 0 Å². The third-order valence-electron chi connectivity index (χ3n) is 14.6. The number of rotatable bonds is 15. The maximum absolute atomic E-state index is 14.3. The Morgan fingerprint density at radius 2 is 1.77 bits per heavy atom. The van der Waals surface area contributed by atoms with Gasteiger partial charge >= 0.3 is 0 Å². The SMILES string of the molecule is COC[C@@H](CC(C)C)NC(=O)C1CC(C2CCCC(CN3O[C@@H](CO)[C@@H]([C@H](C)O)[C@H]3C(=O)N[C@H]3C[C@H]4C[C@@H]([C@@H]3C)C4(C)C)C2OC)CC(N(C)C)C1. The highest BCUT2D eigenvalue weighted by Gasteiger charge is 2.58. The van der Waals surface area contributed by atoms with Gasteiger partial charge in [0.1, 0.15) is 12.1 Å². The number of hydrogen-bond acceptors (Lipinski definition) is 9. The molecule has 0 aromatic rings. The fourth-order valence-corrected chi connectivity index (χ4v) is 11.7. The van der Waals surface area contributed by atoms with E-state index in [2.05, 4.69) is 64.2 Å². The van der Waals surface area contributed by atoms with Crippen LogP contribution in [0.15, 0.2) is 0 Å². The van der Waals surface area contributed by atoms with Gasteiger partial charge < -0.3 is 35.2 Å². The second-order valence-electron chi connectivity index (χ2n) is 18.9. The van der Waals surface area contributed by atoms with Crippen molar-refractivity contribution in [2.75, 3.05) is 48.1 Å². The number of hydrogen-bond donors (Lipinski definition) is 4. The lowest BCUT2D eigenvalue weighted by Gasteiger charge is -2.62. The van der Waals surface area contributed by atoms with Crippen molar-refractivity contribution in [1.82, 2.24) is 20.6 Å². The molecule has 52 heavy (non-hydrogen) atoms. The summed E-state index contributed by atoms with van der Waals surface area (Å²) in [5.41, 5.74) is 0.314. The number of ether oxygens (including phenoxy) is 2. The van der Waals surface area contributed by atoms with Gasteiger partial charge in [0.15, 0.2) is 0 Å². The van der Waals surface area contributed by atoms with Crippen molar-refractivity contribution in [3.8, 4) is 0 Å². The Balaban J connectivity index is 1.31. The van der Waals surface area contributed by atoms with Crippen LogP contribution in [0.25, 0.3) is 0 Å². The molecular formula is C41H74N4O7. The fourth-order valence-electron chi connectivity index (χ4n) is 11.7. The second kappa shape index (κ2) is 17.6. The van der Waals surface area contributed by atoms with Crippen LogP contribution in [0.1, 0.15) is 99.3 Å². The summed E-state index contributed by atoms with van der Waals surface area (Å²) in [6, 6.07) is -0.320. The molecule has 1 saturated heterocycles. The first-order valence-corrected chi connectivity index (χ1v) is 20.6. The number of nitrogens with zero attached hydrogens (tertiary/aromatic N) is 2. The van der Waals surface area contributed by atoms with Crippen molar-refractivity contribution < 1.29 is 34.1 Å². The smallest absolute Gasteiger partial charge is 0.240 e. The predicted molar refractivity (Wildman–Crippen MR) is 202 cm³/mol. The highest BCUT2D eigenvalue weighted by Crippen LogP contribution is 2.61. The molecule has 11 heteroatoms. The van der Waals surface area contributed by atoms with Gasteiger partial charge in [0.2, 0.25) is 11.8 Å². The van der Waals surface area contributed by atoms with Gasteiger partial charge in [-0.05, 0) is 113 Å². The van der Waals surface area contributed by atoms with Crippen LogP contribution >= 0.6 is 0 Å². The first-order valence-electron chi connectivity index (χ1n) is 20.6. The van der Waals surface area contributed by atoms with Crippen LogP contribution in [-0.2, 0) is 23.9 Å². The van der Waals surface area contributed by atoms with Gasteiger partial charge in [-0.15, -0.1) is 0 Å². The van der Waals surface area contributed by atoms with E-state index in [-0.39, 0.29) is 54.4 Å². The van der Waals surface area contributed by atoms with Crippen LogP contribution in [0.4, 0.5) is 0 Å². The van der Waals surface area contributed by atoms with Crippen molar-refractivity contribution in [2.45, 2.75) is 142 Å². The Kier molecular flexibility index (Phi) is 14.2. The maximum atomic E-state index is 14.3. The topological polar surface area (TPSA) is 133 Å². The quantitative estimate of drug-likeness (QED) is 0.196. The zero-order valence-corrected chi connectivity index (χ0v) is 34.1. The lowest BCUT2D eigenvalue weighted by molar-refractivity contribution is -0.193. The molecule has 1 aliphatic heterocycles. The molecular weight excluding hydrogens is 660 g/mol. The number of aliphatic hydroxyl groups excluding tert-OH is 2. The Labute approximate surface area is 314 Å². The standard InChI is InChI=1S/C41H74N4O7/c1-23(2)14-30(22-50-9)42-39(48)28-15-27(16-31(17-28)44(7)8)32-13-11-12-26(38(32)51-10)20-45-37(36(25(4)47)35(21-46)52-45)40(49)43-34-19-29-18-33(24(34)3)41(29,5)6/h23-38,46-47H,11-22H2,1-10H3,(H,42,48)(H,43,49)/t24-,25-,26?,27?,28?,29+,30+,31?,32?,33-,34-,35-,36+,37-,38?/m0/s1. The van der Waals surface area contributed by atoms with Gasteiger partial charge in [0.25, 0.3) is 0 Å². The fraction of sp³-hybridized carbons (Fsp3) is 0.951. The number of amides is 2. The summed E-state index contributed by atoms with van der Waals surface area (Å²) in [5.74, 6) is 2.10. The zero-order chi connectivity index (χ0) is 38.1. The van der Waals surface area contributed by atoms with Gasteiger partial charge in [0.05, 0.1) is 31.5 Å². The Hall–Kier alpha value is -1.34. The third kappa shape index (κ3) is 8.87. The van der Waals surface area contributed by atoms with Crippen LogP contribution in [0.3, 0.4) is 0 Å². The number of methoxy groups -OCH3 is 2. The zero-order valence-electron chi connectivity index (χ0n) is 34.1. The summed E-state index contributed by atoms with van der Waals surface area (Å²) in [6.07, 6.45) is 7.22. The van der Waals surface area contributed by atoms with E-state index in [1.54, 1.807) is 26.2 Å². The molecule has 0 aromatic heterocycles. The minimum absolute atomic E-state index is 0.000791. The third-order valence-corrected chi connectivity index (χ3v) is 14.6. The molecule has 6 aliphatic rings. The molecule has 15 atom stereocenters. The van der Waals surface area contributed by atoms with Crippen molar-refractivity contribution in [3.63, 3.8) is 0 Å². The van der Waals surface area contributed by atoms with Crippen LogP contribution in [0, 0.1) is 58.7 Å². The van der Waals surface area contributed by atoms with E-state index in [1.165, 1.54) is 6.42 Å². The van der Waals surface area contributed by atoms with Gasteiger partial charge in [0, 0.05) is 50.6 Å². The lowest BCUT2D eigenvalue weighted by atomic mass is 9.45. The maximum Gasteiger partial charge on any atom is 0.240 e. The lowest BCUT2D eigenvalue weighted by Crippen LogP contribution is -2.62. The predicted octanol–water partition coefficient (Wildman–Crippen LogP) is 4.10. The molecule has 2 bridgehead atoms. The van der Waals surface area contributed by atoms with E-state index >= 15 is 0 Å². The number of nitrogens with one attached hydrogen (secondary N) is 2. The van der Waals surface area contributed by atoms with Crippen LogP contribution < -0.4 is 10.6 Å². The summed E-state index contributed by atoms with van der Waals surface area (Å²) in [7, 11) is 7.74. The number of carbonyl (C=O) groups is 2. The summed E-state index contributed by atoms with van der Waals surface area (Å²) in [4.78, 5) is 36.8. The van der Waals surface area contributed by atoms with E-state index in [0.29, 0.717) is 54.2 Å². The molecule has 1 heterocycles. The molecule has 4 N–H and O–H groups in total. The molecule has 5 saturated carbocycles. The van der Waals surface area contributed by atoms with Crippen molar-refractivity contribution >= 4 is 11.8 Å². The number of fused-ring (bicyclic) bond motifs is 2. The van der Waals surface area contributed by atoms with Crippen molar-refractivity contribution in [3.05, 3.63) is 0 Å². The van der Waals surface area contributed by atoms with Crippen LogP contribution in [-0.4, -0.2) is 123 Å². The molecule has 300 valence electrons. The first kappa shape index (κ1) is 41.8. The van der Waals surface area contributed by atoms with Crippen molar-refractivity contribution in [1.29, 1.82) is 0 Å². The average Bonchev–Trinajstić information content (AvgIpc) is 3.47. The van der Waals surface area contributed by atoms with E-state index in [0.717, 1.165) is 51.4 Å². The molecule has 6 unspecified atom stereocenters. The van der Waals surface area contributed by atoms with E-state index < -0.39 is 24.2 Å². The van der Waals surface area contributed by atoms with Crippen molar-refractivity contribution in [2.24, 2.45) is 58.7 Å². The molecule has 0 aromatic carbocycles. The van der Waals surface area contributed by atoms with E-state index in [9.17, 15) is 19.8 Å². The summed E-state index contributed by atoms with van der Waals surface area (Å²) >= 11 is 0. The number of hydroxylamine groups is 2.